The van der Waals surface area contributed by atoms with Gasteiger partial charge >= 0.3 is 0 Å². The largest absolute Gasteiger partial charge is 0.384 e. The molecule has 0 aliphatic carbocycles. The number of likely N-dealkylation sites (tertiary alicyclic amines) is 1. The molecule has 6 nitrogen and oxygen atoms in total. The zero-order valence-corrected chi connectivity index (χ0v) is 20.7. The Morgan fingerprint density at radius 1 is 1.06 bits per heavy atom. The SMILES string of the molecule is Cc1ccc2nc(-c3cccc(C(=N)N)c3)c(=O)n(CCCCCN3[C@H](C)CCC[C@@H]3C)c2c1. The molecule has 0 amide bonds. The molecule has 2 heterocycles. The topological polar surface area (TPSA) is 88.0 Å². The quantitative estimate of drug-likeness (QED) is 0.279. The lowest BCUT2D eigenvalue weighted by molar-refractivity contribution is 0.101. The molecule has 1 fully saturated rings. The Labute approximate surface area is 202 Å². The van der Waals surface area contributed by atoms with Gasteiger partial charge in [-0.1, -0.05) is 37.1 Å². The van der Waals surface area contributed by atoms with Crippen molar-refractivity contribution < 1.29 is 0 Å². The highest BCUT2D eigenvalue weighted by molar-refractivity contribution is 5.96. The third-order valence-corrected chi connectivity index (χ3v) is 7.22. The van der Waals surface area contributed by atoms with Crippen molar-refractivity contribution in [2.24, 2.45) is 5.73 Å². The lowest BCUT2D eigenvalue weighted by atomic mass is 9.97. The predicted molar refractivity (Wildman–Crippen MR) is 141 cm³/mol. The fourth-order valence-electron chi connectivity index (χ4n) is 5.25. The van der Waals surface area contributed by atoms with Crippen LogP contribution in [0.25, 0.3) is 22.3 Å². The van der Waals surface area contributed by atoms with Crippen molar-refractivity contribution in [2.75, 3.05) is 6.54 Å². The number of aromatic nitrogens is 2. The summed E-state index contributed by atoms with van der Waals surface area (Å²) >= 11 is 0. The number of benzene rings is 2. The highest BCUT2D eigenvalue weighted by Gasteiger charge is 2.23. The van der Waals surface area contributed by atoms with E-state index in [0.29, 0.717) is 35.4 Å². The first kappa shape index (κ1) is 24.1. The maximum atomic E-state index is 13.6. The van der Waals surface area contributed by atoms with Gasteiger partial charge in [-0.3, -0.25) is 15.1 Å². The molecule has 2 aromatic carbocycles. The summed E-state index contributed by atoms with van der Waals surface area (Å²) in [6.45, 7) is 8.55. The number of fused-ring (bicyclic) bond motifs is 1. The second-order valence-corrected chi connectivity index (χ2v) is 9.83. The molecule has 4 rings (SSSR count). The Morgan fingerprint density at radius 2 is 1.79 bits per heavy atom. The normalized spacial score (nSPS) is 18.9. The number of piperidine rings is 1. The Balaban J connectivity index is 1.56. The minimum atomic E-state index is -0.0860. The molecule has 0 bridgehead atoms. The summed E-state index contributed by atoms with van der Waals surface area (Å²) in [5.74, 6) is -0.0177. The highest BCUT2D eigenvalue weighted by Crippen LogP contribution is 2.23. The monoisotopic (exact) mass is 459 g/mol. The van der Waals surface area contributed by atoms with E-state index in [4.69, 9.17) is 16.1 Å². The van der Waals surface area contributed by atoms with E-state index in [9.17, 15) is 4.79 Å². The molecule has 3 N–H and O–H groups in total. The van der Waals surface area contributed by atoms with Gasteiger partial charge in [0, 0.05) is 29.8 Å². The third kappa shape index (κ3) is 5.22. The van der Waals surface area contributed by atoms with Gasteiger partial charge in [0.05, 0.1) is 11.0 Å². The number of hydrogen-bond donors (Lipinski definition) is 2. The Bertz CT molecular complexity index is 1220. The summed E-state index contributed by atoms with van der Waals surface area (Å²) in [5.41, 5.74) is 10.1. The second kappa shape index (κ2) is 10.5. The molecular formula is C28H37N5O. The molecule has 0 spiro atoms. The number of amidine groups is 1. The zero-order valence-electron chi connectivity index (χ0n) is 20.7. The minimum absolute atomic E-state index is 0.0177. The fourth-order valence-corrected chi connectivity index (χ4v) is 5.25. The molecular weight excluding hydrogens is 422 g/mol. The smallest absolute Gasteiger partial charge is 0.277 e. The Hall–Kier alpha value is -2.99. The van der Waals surface area contributed by atoms with Crippen molar-refractivity contribution in [3.8, 4) is 11.3 Å². The summed E-state index contributed by atoms with van der Waals surface area (Å²) in [4.78, 5) is 21.0. The van der Waals surface area contributed by atoms with E-state index in [2.05, 4.69) is 24.8 Å². The first-order chi connectivity index (χ1) is 16.3. The summed E-state index contributed by atoms with van der Waals surface area (Å²) in [5, 5.41) is 7.75. The minimum Gasteiger partial charge on any atom is -0.384 e. The van der Waals surface area contributed by atoms with E-state index in [0.717, 1.165) is 42.4 Å². The number of rotatable bonds is 8. The van der Waals surface area contributed by atoms with Crippen LogP contribution in [0, 0.1) is 12.3 Å². The van der Waals surface area contributed by atoms with Gasteiger partial charge in [-0.05, 0) is 76.8 Å². The molecule has 34 heavy (non-hydrogen) atoms. The molecule has 1 aliphatic heterocycles. The van der Waals surface area contributed by atoms with E-state index in [1.54, 1.807) is 12.1 Å². The molecule has 2 atom stereocenters. The van der Waals surface area contributed by atoms with Crippen LogP contribution in [0.5, 0.6) is 0 Å². The van der Waals surface area contributed by atoms with Crippen LogP contribution in [0.4, 0.5) is 0 Å². The number of hydrogen-bond acceptors (Lipinski definition) is 4. The number of unbranched alkanes of at least 4 members (excludes halogenated alkanes) is 2. The van der Waals surface area contributed by atoms with E-state index in [1.807, 2.05) is 35.8 Å². The van der Waals surface area contributed by atoms with Gasteiger partial charge in [0.1, 0.15) is 11.5 Å². The summed E-state index contributed by atoms with van der Waals surface area (Å²) in [6.07, 6.45) is 7.14. The molecule has 1 aromatic heterocycles. The van der Waals surface area contributed by atoms with Crippen molar-refractivity contribution in [3.63, 3.8) is 0 Å². The molecule has 6 heteroatoms. The van der Waals surface area contributed by atoms with E-state index in [-0.39, 0.29) is 11.4 Å². The van der Waals surface area contributed by atoms with E-state index >= 15 is 0 Å². The molecule has 180 valence electrons. The van der Waals surface area contributed by atoms with Crippen LogP contribution in [0.3, 0.4) is 0 Å². The predicted octanol–water partition coefficient (Wildman–Crippen LogP) is 5.09. The number of nitrogen functional groups attached to an aromatic ring is 1. The second-order valence-electron chi connectivity index (χ2n) is 9.83. The number of nitrogens with one attached hydrogen (secondary N) is 1. The molecule has 3 aromatic rings. The number of nitrogens with zero attached hydrogens (tertiary/aromatic N) is 3. The maximum absolute atomic E-state index is 13.6. The van der Waals surface area contributed by atoms with Crippen LogP contribution >= 0.6 is 0 Å². The van der Waals surface area contributed by atoms with Gasteiger partial charge in [-0.25, -0.2) is 4.98 Å². The van der Waals surface area contributed by atoms with Gasteiger partial charge in [0.25, 0.3) is 5.56 Å². The summed E-state index contributed by atoms with van der Waals surface area (Å²) in [7, 11) is 0. The lowest BCUT2D eigenvalue weighted by Gasteiger charge is -2.39. The van der Waals surface area contributed by atoms with Gasteiger partial charge < -0.3 is 10.3 Å². The lowest BCUT2D eigenvalue weighted by Crippen LogP contribution is -2.44. The van der Waals surface area contributed by atoms with Crippen molar-refractivity contribution in [3.05, 3.63) is 63.9 Å². The molecule has 1 aliphatic rings. The van der Waals surface area contributed by atoms with Crippen LogP contribution in [0.15, 0.2) is 47.3 Å². The highest BCUT2D eigenvalue weighted by atomic mass is 16.1. The van der Waals surface area contributed by atoms with Crippen LogP contribution in [-0.2, 0) is 6.54 Å². The van der Waals surface area contributed by atoms with Crippen LogP contribution < -0.4 is 11.3 Å². The Kier molecular flexibility index (Phi) is 7.47. The Morgan fingerprint density at radius 3 is 2.53 bits per heavy atom. The van der Waals surface area contributed by atoms with E-state index in [1.165, 1.54) is 19.3 Å². The average Bonchev–Trinajstić information content (AvgIpc) is 2.81. The van der Waals surface area contributed by atoms with Crippen molar-refractivity contribution >= 4 is 16.9 Å². The first-order valence-electron chi connectivity index (χ1n) is 12.6. The third-order valence-electron chi connectivity index (χ3n) is 7.22. The van der Waals surface area contributed by atoms with Crippen molar-refractivity contribution in [1.82, 2.24) is 14.5 Å². The zero-order chi connectivity index (χ0) is 24.2. The standard InChI is InChI=1S/C28H37N5O/c1-19-13-14-24-25(17-19)33(16-6-4-5-15-32-20(2)9-7-10-21(32)3)28(34)26(31-24)22-11-8-12-23(18-22)27(29)30/h8,11-14,17-18,20-21H,4-7,9-10,15-16H2,1-3H3,(H3,29,30)/t20-,21+. The van der Waals surface area contributed by atoms with Crippen LogP contribution in [0.1, 0.15) is 63.5 Å². The molecule has 0 radical (unpaired) electrons. The number of aryl methyl sites for hydroxylation is 2. The molecule has 1 saturated heterocycles. The van der Waals surface area contributed by atoms with Crippen LogP contribution in [0.2, 0.25) is 0 Å². The molecule has 0 unspecified atom stereocenters. The summed E-state index contributed by atoms with van der Waals surface area (Å²) < 4.78 is 1.89. The van der Waals surface area contributed by atoms with Gasteiger partial charge in [0.15, 0.2) is 0 Å². The maximum Gasteiger partial charge on any atom is 0.277 e. The van der Waals surface area contributed by atoms with Gasteiger partial charge in [-0.2, -0.15) is 0 Å². The number of nitrogens with two attached hydrogens (primary N) is 1. The first-order valence-corrected chi connectivity index (χ1v) is 12.6. The fraction of sp³-hybridized carbons (Fsp3) is 0.464. The van der Waals surface area contributed by atoms with Gasteiger partial charge in [-0.15, -0.1) is 0 Å². The van der Waals surface area contributed by atoms with Gasteiger partial charge in [0.2, 0.25) is 0 Å². The summed E-state index contributed by atoms with van der Waals surface area (Å²) in [6, 6.07) is 14.6. The average molecular weight is 460 g/mol. The van der Waals surface area contributed by atoms with Crippen LogP contribution in [-0.4, -0.2) is 38.9 Å². The van der Waals surface area contributed by atoms with Crippen molar-refractivity contribution in [1.29, 1.82) is 5.41 Å². The van der Waals surface area contributed by atoms with E-state index < -0.39 is 0 Å². The van der Waals surface area contributed by atoms with Crippen molar-refractivity contribution in [2.45, 2.75) is 77.9 Å². The molecule has 0 saturated carbocycles.